The molecule has 2 rings (SSSR count). The van der Waals surface area contributed by atoms with E-state index in [9.17, 15) is 32.7 Å². The molecule has 242 valence electrons. The minimum Gasteiger partial charge on any atom is -0.507 e. The number of alkyl halides is 3. The van der Waals surface area contributed by atoms with Gasteiger partial charge < -0.3 is 14.3 Å². The third-order valence-electron chi connectivity index (χ3n) is 5.61. The number of ketones is 1. The van der Waals surface area contributed by atoms with Crippen LogP contribution >= 0.6 is 0 Å². The van der Waals surface area contributed by atoms with E-state index in [-0.39, 0.29) is 23.7 Å². The summed E-state index contributed by atoms with van der Waals surface area (Å²) in [6, 6.07) is 8.62. The molecule has 2 N–H and O–H groups in total. The van der Waals surface area contributed by atoms with E-state index in [2.05, 4.69) is 16.6 Å². The maximum Gasteiger partial charge on any atom is 0.410 e. The standard InChI is InChI=1S/C17H23NO6.C11H13F3.C3H6.C2H6/c1-10(2)15(20)14-12(19)9-13(24-16(14)21)11(3)7-5-6-8-18-17(22)23-4;1-2-9-3-5-10(6-4-9)7-8-11(12,13)14;1-3-2;1-2/h6,8-11,19H,5,7H2,1-4H3,(H,18,22);3-6H,2,7-8H2,1H3;3H,1H2,2H3;1-2H3/b8-6+;;;. The van der Waals surface area contributed by atoms with Crippen LogP contribution in [0.1, 0.15) is 101 Å². The van der Waals surface area contributed by atoms with Gasteiger partial charge in [-0.05, 0) is 43.7 Å². The van der Waals surface area contributed by atoms with Gasteiger partial charge in [0.2, 0.25) is 0 Å². The van der Waals surface area contributed by atoms with Gasteiger partial charge in [-0.3, -0.25) is 10.1 Å². The van der Waals surface area contributed by atoms with Crippen molar-refractivity contribution in [2.75, 3.05) is 7.11 Å². The molecule has 0 aliphatic rings. The number of aromatic hydroxyl groups is 1. The minimum atomic E-state index is -4.05. The summed E-state index contributed by atoms with van der Waals surface area (Å²) in [4.78, 5) is 34.7. The van der Waals surface area contributed by atoms with Crippen molar-refractivity contribution in [3.05, 3.63) is 88.1 Å². The topological polar surface area (TPSA) is 106 Å². The van der Waals surface area contributed by atoms with E-state index < -0.39 is 36.0 Å². The van der Waals surface area contributed by atoms with Gasteiger partial charge in [0.25, 0.3) is 0 Å². The first-order valence-electron chi connectivity index (χ1n) is 14.3. The zero-order chi connectivity index (χ0) is 33.6. The van der Waals surface area contributed by atoms with Crippen LogP contribution in [-0.4, -0.2) is 30.3 Å². The number of Topliss-reactive ketones (excluding diaryl/α,β-unsaturated/α-hetero) is 1. The van der Waals surface area contributed by atoms with E-state index in [0.717, 1.165) is 17.5 Å². The van der Waals surface area contributed by atoms with Crippen LogP contribution in [0.3, 0.4) is 0 Å². The number of alkyl carbamates (subject to hydrolysis) is 1. The Balaban J connectivity index is 0. The van der Waals surface area contributed by atoms with E-state index in [1.165, 1.54) is 19.4 Å². The summed E-state index contributed by atoms with van der Waals surface area (Å²) in [6.45, 7) is 16.4. The summed E-state index contributed by atoms with van der Waals surface area (Å²) in [5, 5.41) is 12.4. The SMILES string of the molecule is C=CC.CC.CCc1ccc(CCC(F)(F)F)cc1.COC(=O)N/C=C/CCC(C)c1cc(O)c(C(=O)C(C)C)c(=O)o1. The Morgan fingerprint density at radius 1 is 1.12 bits per heavy atom. The Morgan fingerprint density at radius 2 is 1.65 bits per heavy atom. The van der Waals surface area contributed by atoms with Gasteiger partial charge in [-0.2, -0.15) is 13.2 Å². The molecule has 0 saturated heterocycles. The van der Waals surface area contributed by atoms with Crippen LogP contribution in [0.15, 0.2) is 64.5 Å². The first kappa shape index (κ1) is 41.3. The number of methoxy groups -OCH3 is 1. The fourth-order valence-electron chi connectivity index (χ4n) is 3.24. The largest absolute Gasteiger partial charge is 0.507 e. The summed E-state index contributed by atoms with van der Waals surface area (Å²) < 4.78 is 45.3. The highest BCUT2D eigenvalue weighted by molar-refractivity contribution is 5.99. The molecule has 0 bridgehead atoms. The molecule has 0 saturated carbocycles. The first-order chi connectivity index (χ1) is 20.2. The summed E-state index contributed by atoms with van der Waals surface area (Å²) in [5.41, 5.74) is 0.779. The van der Waals surface area contributed by atoms with Crippen LogP contribution in [0.2, 0.25) is 0 Å². The van der Waals surface area contributed by atoms with Crippen LogP contribution in [0, 0.1) is 5.92 Å². The number of nitrogens with one attached hydrogen (secondary N) is 1. The van der Waals surface area contributed by atoms with E-state index in [1.807, 2.05) is 46.8 Å². The lowest BCUT2D eigenvalue weighted by atomic mass is 9.99. The number of rotatable bonds is 10. The van der Waals surface area contributed by atoms with Gasteiger partial charge in [-0.1, -0.05) is 78.0 Å². The van der Waals surface area contributed by atoms with Crippen molar-refractivity contribution in [2.45, 2.75) is 92.7 Å². The smallest absolute Gasteiger partial charge is 0.410 e. The molecule has 43 heavy (non-hydrogen) atoms. The molecule has 1 unspecified atom stereocenters. The number of hydrogen-bond donors (Lipinski definition) is 2. The molecular formula is C33H48F3NO6. The van der Waals surface area contributed by atoms with Gasteiger partial charge in [0, 0.05) is 30.5 Å². The van der Waals surface area contributed by atoms with Gasteiger partial charge >= 0.3 is 17.9 Å². The van der Waals surface area contributed by atoms with E-state index in [4.69, 9.17) is 4.42 Å². The van der Waals surface area contributed by atoms with Crippen molar-refractivity contribution in [1.29, 1.82) is 0 Å². The zero-order valence-corrected chi connectivity index (χ0v) is 26.6. The van der Waals surface area contributed by atoms with Crippen molar-refractivity contribution < 1.29 is 37.0 Å². The molecule has 0 aliphatic carbocycles. The summed E-state index contributed by atoms with van der Waals surface area (Å²) in [7, 11) is 1.27. The second-order valence-electron chi connectivity index (χ2n) is 9.43. The Bertz CT molecular complexity index is 1170. The third kappa shape index (κ3) is 18.4. The number of benzene rings is 1. The highest BCUT2D eigenvalue weighted by Crippen LogP contribution is 2.26. The van der Waals surface area contributed by atoms with Gasteiger partial charge in [0.05, 0.1) is 7.11 Å². The molecular weight excluding hydrogens is 563 g/mol. The normalized spacial score (nSPS) is 11.2. The van der Waals surface area contributed by atoms with Gasteiger partial charge in [-0.25, -0.2) is 9.59 Å². The molecule has 1 heterocycles. The second-order valence-corrected chi connectivity index (χ2v) is 9.43. The molecule has 1 aromatic carbocycles. The Hall–Kier alpha value is -3.82. The molecule has 7 nitrogen and oxygen atoms in total. The summed E-state index contributed by atoms with van der Waals surface area (Å²) in [6.07, 6.45) is 1.84. The Kier molecular flexibility index (Phi) is 21.8. The van der Waals surface area contributed by atoms with Crippen molar-refractivity contribution >= 4 is 11.9 Å². The lowest BCUT2D eigenvalue weighted by Crippen LogP contribution is -2.19. The number of aryl methyl sites for hydroxylation is 2. The third-order valence-corrected chi connectivity index (χ3v) is 5.61. The van der Waals surface area contributed by atoms with Gasteiger partial charge in [0.15, 0.2) is 5.78 Å². The van der Waals surface area contributed by atoms with Crippen molar-refractivity contribution in [3.8, 4) is 5.75 Å². The Morgan fingerprint density at radius 3 is 2.09 bits per heavy atom. The molecule has 2 aromatic rings. The molecule has 0 fully saturated rings. The molecule has 0 spiro atoms. The monoisotopic (exact) mass is 611 g/mol. The molecule has 10 heteroatoms. The number of hydrogen-bond acceptors (Lipinski definition) is 6. The van der Waals surface area contributed by atoms with E-state index in [1.54, 1.807) is 38.1 Å². The van der Waals surface area contributed by atoms with Crippen LogP contribution in [0.5, 0.6) is 5.75 Å². The highest BCUT2D eigenvalue weighted by atomic mass is 19.4. The Labute approximate surface area is 253 Å². The van der Waals surface area contributed by atoms with Crippen LogP contribution in [-0.2, 0) is 17.6 Å². The molecule has 1 aromatic heterocycles. The highest BCUT2D eigenvalue weighted by Gasteiger charge is 2.26. The maximum atomic E-state index is 12.0. The van der Waals surface area contributed by atoms with Crippen LogP contribution in [0.25, 0.3) is 0 Å². The molecule has 1 atom stereocenters. The zero-order valence-electron chi connectivity index (χ0n) is 26.6. The number of carbonyl (C=O) groups is 2. The maximum absolute atomic E-state index is 12.0. The van der Waals surface area contributed by atoms with Gasteiger partial charge in [-0.15, -0.1) is 6.58 Å². The van der Waals surface area contributed by atoms with Crippen LogP contribution < -0.4 is 10.9 Å². The quantitative estimate of drug-likeness (QED) is 0.205. The van der Waals surface area contributed by atoms with Crippen molar-refractivity contribution in [1.82, 2.24) is 5.32 Å². The van der Waals surface area contributed by atoms with E-state index in [0.29, 0.717) is 18.6 Å². The van der Waals surface area contributed by atoms with Gasteiger partial charge in [0.1, 0.15) is 17.1 Å². The average Bonchev–Trinajstić information content (AvgIpc) is 2.96. The predicted octanol–water partition coefficient (Wildman–Crippen LogP) is 8.90. The number of carbonyl (C=O) groups excluding carboxylic acids is 2. The average molecular weight is 612 g/mol. The van der Waals surface area contributed by atoms with Crippen molar-refractivity contribution in [3.63, 3.8) is 0 Å². The predicted molar refractivity (Wildman–Crippen MR) is 166 cm³/mol. The fourth-order valence-corrected chi connectivity index (χ4v) is 3.24. The number of allylic oxidation sites excluding steroid dienone is 2. The van der Waals surface area contributed by atoms with Crippen molar-refractivity contribution in [2.24, 2.45) is 5.92 Å². The number of amides is 1. The number of halogens is 3. The van der Waals surface area contributed by atoms with Crippen LogP contribution in [0.4, 0.5) is 18.0 Å². The molecule has 0 aliphatic heterocycles. The summed E-state index contributed by atoms with van der Waals surface area (Å²) in [5.74, 6) is -1.04. The second kappa shape index (κ2) is 22.7. The minimum absolute atomic E-state index is 0.0769. The molecule has 1 amide bonds. The summed E-state index contributed by atoms with van der Waals surface area (Å²) >= 11 is 0. The first-order valence-corrected chi connectivity index (χ1v) is 14.3. The fraction of sp³-hybridized carbons (Fsp3) is 0.485. The number of ether oxygens (including phenoxy) is 1. The molecule has 0 radical (unpaired) electrons. The van der Waals surface area contributed by atoms with E-state index >= 15 is 0 Å². The lowest BCUT2D eigenvalue weighted by Gasteiger charge is -2.11. The lowest BCUT2D eigenvalue weighted by molar-refractivity contribution is -0.134.